The van der Waals surface area contributed by atoms with Crippen molar-refractivity contribution in [3.05, 3.63) is 84.5 Å². The van der Waals surface area contributed by atoms with Crippen molar-refractivity contribution in [2.45, 2.75) is 13.0 Å². The number of hydrogen-bond acceptors (Lipinski definition) is 3. The highest BCUT2D eigenvalue weighted by atomic mass is 19.1. The van der Waals surface area contributed by atoms with E-state index in [4.69, 9.17) is 4.74 Å². The van der Waals surface area contributed by atoms with E-state index in [9.17, 15) is 9.18 Å². The first-order valence-corrected chi connectivity index (χ1v) is 7.79. The maximum absolute atomic E-state index is 13.5. The average molecular weight is 323 g/mol. The van der Waals surface area contributed by atoms with Crippen LogP contribution < -0.4 is 4.74 Å². The lowest BCUT2D eigenvalue weighted by Gasteiger charge is -2.30. The van der Waals surface area contributed by atoms with E-state index in [1.165, 1.54) is 12.1 Å². The minimum absolute atomic E-state index is 0.148. The van der Waals surface area contributed by atoms with Crippen molar-refractivity contribution in [1.82, 2.24) is 4.90 Å². The van der Waals surface area contributed by atoms with Gasteiger partial charge in [0.15, 0.2) is 6.10 Å². The van der Waals surface area contributed by atoms with Gasteiger partial charge in [0.05, 0.1) is 6.54 Å². The van der Waals surface area contributed by atoms with Gasteiger partial charge in [-0.25, -0.2) is 4.39 Å². The molecule has 1 atom stereocenters. The molecule has 1 unspecified atom stereocenters. The van der Waals surface area contributed by atoms with Crippen LogP contribution >= 0.6 is 0 Å². The molecule has 3 nitrogen and oxygen atoms in total. The summed E-state index contributed by atoms with van der Waals surface area (Å²) in [5, 5.41) is 0. The minimum Gasteiger partial charge on any atom is -0.480 e. The molecule has 0 aromatic heterocycles. The van der Waals surface area contributed by atoms with Crippen molar-refractivity contribution in [3.63, 3.8) is 0 Å². The zero-order valence-electron chi connectivity index (χ0n) is 13.4. The van der Waals surface area contributed by atoms with Crippen LogP contribution in [0.1, 0.15) is 12.5 Å². The van der Waals surface area contributed by atoms with E-state index in [0.717, 1.165) is 0 Å². The molecule has 122 valence electrons. The molecule has 0 spiro atoms. The van der Waals surface area contributed by atoms with Gasteiger partial charge in [0, 0.05) is 11.8 Å². The summed E-state index contributed by atoms with van der Waals surface area (Å²) in [5.74, 6) is 0.117. The molecule has 4 heteroatoms. The highest BCUT2D eigenvalue weighted by molar-refractivity contribution is 6.23. The van der Waals surface area contributed by atoms with Crippen molar-refractivity contribution in [2.24, 2.45) is 0 Å². The van der Waals surface area contributed by atoms with Crippen molar-refractivity contribution < 1.29 is 13.9 Å². The van der Waals surface area contributed by atoms with Crippen LogP contribution in [-0.2, 0) is 4.79 Å². The molecule has 24 heavy (non-hydrogen) atoms. The predicted molar refractivity (Wildman–Crippen MR) is 91.8 cm³/mol. The van der Waals surface area contributed by atoms with Gasteiger partial charge < -0.3 is 9.64 Å². The van der Waals surface area contributed by atoms with Crippen LogP contribution in [0.25, 0.3) is 5.57 Å². The van der Waals surface area contributed by atoms with Gasteiger partial charge >= 0.3 is 0 Å². The summed E-state index contributed by atoms with van der Waals surface area (Å²) in [7, 11) is 0. The van der Waals surface area contributed by atoms with Gasteiger partial charge in [-0.2, -0.15) is 0 Å². The molecule has 0 aliphatic carbocycles. The standard InChI is InChI=1S/C20H18FNO2/c1-2-11-22-13-18(15-7-6-8-16(21)12-15)20(23)19(14-22)24-17-9-4-3-5-10-17/h2-13,19H,14H2,1H3. The van der Waals surface area contributed by atoms with E-state index < -0.39 is 6.10 Å². The second-order valence-corrected chi connectivity index (χ2v) is 5.52. The Kier molecular flexibility index (Phi) is 4.75. The lowest BCUT2D eigenvalue weighted by atomic mass is 9.96. The average Bonchev–Trinajstić information content (AvgIpc) is 2.59. The Morgan fingerprint density at radius 3 is 2.67 bits per heavy atom. The quantitative estimate of drug-likeness (QED) is 0.851. The number of ketones is 1. The van der Waals surface area contributed by atoms with Crippen LogP contribution in [-0.4, -0.2) is 23.3 Å². The van der Waals surface area contributed by atoms with E-state index in [1.807, 2.05) is 54.4 Å². The van der Waals surface area contributed by atoms with Gasteiger partial charge in [0.25, 0.3) is 0 Å². The Bertz CT molecular complexity index is 783. The first-order valence-electron chi connectivity index (χ1n) is 7.79. The highest BCUT2D eigenvalue weighted by Gasteiger charge is 2.31. The van der Waals surface area contributed by atoms with Gasteiger partial charge in [-0.1, -0.05) is 36.4 Å². The SMILES string of the molecule is CC=CN1C=C(c2cccc(F)c2)C(=O)C(Oc2ccccc2)C1. The fraction of sp³-hybridized carbons (Fsp3) is 0.150. The van der Waals surface area contributed by atoms with E-state index in [2.05, 4.69) is 0 Å². The molecule has 0 fully saturated rings. The lowest BCUT2D eigenvalue weighted by molar-refractivity contribution is -0.121. The van der Waals surface area contributed by atoms with Gasteiger partial charge in [-0.15, -0.1) is 0 Å². The van der Waals surface area contributed by atoms with Gasteiger partial charge in [0.1, 0.15) is 11.6 Å². The molecule has 0 N–H and O–H groups in total. The number of Topliss-reactive ketones (excluding diaryl/α,β-unsaturated/α-hetero) is 1. The predicted octanol–water partition coefficient (Wildman–Crippen LogP) is 4.03. The number of allylic oxidation sites excluding steroid dienone is 1. The first-order chi connectivity index (χ1) is 11.7. The van der Waals surface area contributed by atoms with Crippen LogP contribution in [0.2, 0.25) is 0 Å². The Labute approximate surface area is 140 Å². The number of halogens is 1. The molecule has 0 saturated carbocycles. The molecule has 1 aliphatic heterocycles. The zero-order valence-corrected chi connectivity index (χ0v) is 13.4. The van der Waals surface area contributed by atoms with Crippen molar-refractivity contribution in [1.29, 1.82) is 0 Å². The largest absolute Gasteiger partial charge is 0.480 e. The molecule has 0 bridgehead atoms. The van der Waals surface area contributed by atoms with Gasteiger partial charge in [0.2, 0.25) is 5.78 Å². The molecule has 0 amide bonds. The highest BCUT2D eigenvalue weighted by Crippen LogP contribution is 2.26. The third-order valence-electron chi connectivity index (χ3n) is 3.73. The molecule has 1 aliphatic rings. The maximum atomic E-state index is 13.5. The second-order valence-electron chi connectivity index (χ2n) is 5.52. The number of benzene rings is 2. The molecule has 1 heterocycles. The second kappa shape index (κ2) is 7.13. The molecule has 2 aromatic rings. The Hall–Kier alpha value is -2.88. The monoisotopic (exact) mass is 323 g/mol. The number of nitrogens with zero attached hydrogens (tertiary/aromatic N) is 1. The zero-order chi connectivity index (χ0) is 16.9. The summed E-state index contributed by atoms with van der Waals surface area (Å²) in [5.41, 5.74) is 0.996. The Morgan fingerprint density at radius 2 is 1.96 bits per heavy atom. The lowest BCUT2D eigenvalue weighted by Crippen LogP contribution is -2.41. The maximum Gasteiger partial charge on any atom is 0.207 e. The van der Waals surface area contributed by atoms with Crippen molar-refractivity contribution >= 4 is 11.4 Å². The summed E-state index contributed by atoms with van der Waals surface area (Å²) >= 11 is 0. The van der Waals surface area contributed by atoms with Crippen LogP contribution in [0.3, 0.4) is 0 Å². The summed E-state index contributed by atoms with van der Waals surface area (Å²) in [6, 6.07) is 15.3. The topological polar surface area (TPSA) is 29.5 Å². The Balaban J connectivity index is 1.93. The summed E-state index contributed by atoms with van der Waals surface area (Å²) in [6.07, 6.45) is 4.84. The molecular formula is C20H18FNO2. The molecule has 0 radical (unpaired) electrons. The smallest absolute Gasteiger partial charge is 0.207 e. The van der Waals surface area contributed by atoms with Crippen LogP contribution in [0.5, 0.6) is 5.75 Å². The minimum atomic E-state index is -0.646. The molecular weight excluding hydrogens is 305 g/mol. The molecule has 2 aromatic carbocycles. The van der Waals surface area contributed by atoms with E-state index in [-0.39, 0.29) is 11.6 Å². The molecule has 3 rings (SSSR count). The van der Waals surface area contributed by atoms with E-state index >= 15 is 0 Å². The fourth-order valence-electron chi connectivity index (χ4n) is 2.65. The number of rotatable bonds is 4. The number of carbonyl (C=O) groups is 1. The van der Waals surface area contributed by atoms with E-state index in [0.29, 0.717) is 23.4 Å². The first kappa shape index (κ1) is 16.0. The van der Waals surface area contributed by atoms with Crippen molar-refractivity contribution in [3.8, 4) is 5.75 Å². The van der Waals surface area contributed by atoms with Gasteiger partial charge in [-0.05, 0) is 43.0 Å². The number of hydrogen-bond donors (Lipinski definition) is 0. The molecule has 0 saturated heterocycles. The van der Waals surface area contributed by atoms with Gasteiger partial charge in [-0.3, -0.25) is 4.79 Å². The van der Waals surface area contributed by atoms with Crippen LogP contribution in [0, 0.1) is 5.82 Å². The normalized spacial score (nSPS) is 17.9. The summed E-state index contributed by atoms with van der Waals surface area (Å²) < 4.78 is 19.4. The van der Waals surface area contributed by atoms with Crippen molar-refractivity contribution in [2.75, 3.05) is 6.54 Å². The third kappa shape index (κ3) is 3.54. The fourth-order valence-corrected chi connectivity index (χ4v) is 2.65. The summed E-state index contributed by atoms with van der Waals surface area (Å²) in [6.45, 7) is 2.32. The van der Waals surface area contributed by atoms with E-state index in [1.54, 1.807) is 18.3 Å². The third-order valence-corrected chi connectivity index (χ3v) is 3.73. The van der Waals surface area contributed by atoms with Crippen LogP contribution in [0.4, 0.5) is 4.39 Å². The number of ether oxygens (including phenoxy) is 1. The Morgan fingerprint density at radius 1 is 1.17 bits per heavy atom. The number of carbonyl (C=O) groups excluding carboxylic acids is 1. The van der Waals surface area contributed by atoms with Crippen LogP contribution in [0.15, 0.2) is 73.1 Å². The summed E-state index contributed by atoms with van der Waals surface area (Å²) in [4.78, 5) is 14.7. The number of para-hydroxylation sites is 1.